The number of H-pyrrole nitrogens is 1. The van der Waals surface area contributed by atoms with Crippen molar-refractivity contribution in [2.45, 2.75) is 31.6 Å². The maximum Gasteiger partial charge on any atom is 0.249 e. The van der Waals surface area contributed by atoms with Gasteiger partial charge in [0.15, 0.2) is 5.82 Å². The van der Waals surface area contributed by atoms with Crippen LogP contribution in [0.25, 0.3) is 11.1 Å². The predicted molar refractivity (Wildman–Crippen MR) is 134 cm³/mol. The van der Waals surface area contributed by atoms with Gasteiger partial charge in [0.05, 0.1) is 5.92 Å². The zero-order valence-electron chi connectivity index (χ0n) is 19.7. The van der Waals surface area contributed by atoms with Crippen LogP contribution in [0.3, 0.4) is 0 Å². The number of nitrogens with zero attached hydrogens (tertiary/aromatic N) is 3. The van der Waals surface area contributed by atoms with Crippen LogP contribution in [0.15, 0.2) is 60.8 Å². The third kappa shape index (κ3) is 6.17. The van der Waals surface area contributed by atoms with Gasteiger partial charge in [-0.3, -0.25) is 14.7 Å². The largest absolute Gasteiger partial charge is 0.309 e. The molecule has 0 aliphatic heterocycles. The van der Waals surface area contributed by atoms with E-state index in [0.717, 1.165) is 22.4 Å². The molecule has 8 heteroatoms. The Balaban J connectivity index is 1.38. The first-order valence-corrected chi connectivity index (χ1v) is 11.4. The summed E-state index contributed by atoms with van der Waals surface area (Å²) in [4.78, 5) is 31.1. The quantitative estimate of drug-likeness (QED) is 0.418. The highest BCUT2D eigenvalue weighted by molar-refractivity contribution is 5.98. The summed E-state index contributed by atoms with van der Waals surface area (Å²) in [5.41, 5.74) is 3.83. The fourth-order valence-electron chi connectivity index (χ4n) is 3.55. The van der Waals surface area contributed by atoms with Crippen LogP contribution in [-0.4, -0.2) is 52.5 Å². The van der Waals surface area contributed by atoms with Crippen molar-refractivity contribution in [3.63, 3.8) is 0 Å². The lowest BCUT2D eigenvalue weighted by Crippen LogP contribution is -2.19. The average Bonchev–Trinajstić information content (AvgIpc) is 3.57. The number of nitrogens with one attached hydrogen (secondary N) is 3. The normalized spacial score (nSPS) is 14.4. The first-order chi connectivity index (χ1) is 16.4. The summed E-state index contributed by atoms with van der Waals surface area (Å²) in [5, 5.41) is 12.9. The third-order valence-electron chi connectivity index (χ3n) is 5.73. The van der Waals surface area contributed by atoms with E-state index < -0.39 is 0 Å². The van der Waals surface area contributed by atoms with Crippen molar-refractivity contribution in [1.82, 2.24) is 20.1 Å². The molecule has 1 saturated carbocycles. The summed E-state index contributed by atoms with van der Waals surface area (Å²) in [7, 11) is 3.88. The van der Waals surface area contributed by atoms with Gasteiger partial charge in [-0.05, 0) is 57.1 Å². The van der Waals surface area contributed by atoms with Crippen molar-refractivity contribution in [1.29, 1.82) is 0 Å². The number of aromatic nitrogens is 3. The number of aromatic amines is 1. The molecule has 2 amide bonds. The topological polar surface area (TPSA) is 103 Å². The molecule has 0 radical (unpaired) electrons. The third-order valence-corrected chi connectivity index (χ3v) is 5.73. The second-order valence-electron chi connectivity index (χ2n) is 8.91. The van der Waals surface area contributed by atoms with Gasteiger partial charge in [0, 0.05) is 42.1 Å². The Kier molecular flexibility index (Phi) is 7.18. The molecule has 4 rings (SSSR count). The standard InChI is InChI=1S/C26H30N6O2/c1-17(26(34)29-24-15-22(30-31-24)18-9-10-18)19-6-4-7-20(14-19)21-11-12-23(27-16-21)28-25(33)8-5-13-32(2)3/h4-8,11-12,14-18H,9-10,13H2,1-3H3,(H,27,28,33)(H2,29,30,31,34). The summed E-state index contributed by atoms with van der Waals surface area (Å²) >= 11 is 0. The van der Waals surface area contributed by atoms with Gasteiger partial charge < -0.3 is 15.5 Å². The molecule has 1 aromatic carbocycles. The van der Waals surface area contributed by atoms with Crippen LogP contribution in [-0.2, 0) is 9.59 Å². The van der Waals surface area contributed by atoms with E-state index >= 15 is 0 Å². The number of hydrogen-bond donors (Lipinski definition) is 3. The molecule has 34 heavy (non-hydrogen) atoms. The van der Waals surface area contributed by atoms with Crippen molar-refractivity contribution < 1.29 is 9.59 Å². The SMILES string of the molecule is CC(C(=O)Nc1cc(C2CC2)[nH]n1)c1cccc(-c2ccc(NC(=O)C=CCN(C)C)nc2)c1. The van der Waals surface area contributed by atoms with Crippen molar-refractivity contribution in [3.05, 3.63) is 72.1 Å². The Labute approximate surface area is 199 Å². The van der Waals surface area contributed by atoms with Gasteiger partial charge in [0.1, 0.15) is 5.82 Å². The molecular weight excluding hydrogens is 428 g/mol. The van der Waals surface area contributed by atoms with Crippen molar-refractivity contribution >= 4 is 23.5 Å². The molecule has 176 valence electrons. The lowest BCUT2D eigenvalue weighted by Gasteiger charge is -2.13. The highest BCUT2D eigenvalue weighted by atomic mass is 16.2. The Hall–Kier alpha value is -3.78. The van der Waals surface area contributed by atoms with Crippen molar-refractivity contribution in [2.24, 2.45) is 0 Å². The highest BCUT2D eigenvalue weighted by Gasteiger charge is 2.26. The predicted octanol–water partition coefficient (Wildman–Crippen LogP) is 4.15. The number of benzene rings is 1. The van der Waals surface area contributed by atoms with Crippen LogP contribution in [0.5, 0.6) is 0 Å². The van der Waals surface area contributed by atoms with Gasteiger partial charge in [0.2, 0.25) is 11.8 Å². The number of anilines is 2. The van der Waals surface area contributed by atoms with Crippen LogP contribution >= 0.6 is 0 Å². The molecule has 3 N–H and O–H groups in total. The van der Waals surface area contributed by atoms with Crippen LogP contribution in [0.2, 0.25) is 0 Å². The molecule has 8 nitrogen and oxygen atoms in total. The Morgan fingerprint density at radius 1 is 1.12 bits per heavy atom. The number of likely N-dealkylation sites (N-methyl/N-ethyl adjacent to an activating group) is 1. The van der Waals surface area contributed by atoms with E-state index in [1.165, 1.54) is 18.9 Å². The zero-order valence-corrected chi connectivity index (χ0v) is 19.7. The number of amides is 2. The molecule has 2 aromatic heterocycles. The summed E-state index contributed by atoms with van der Waals surface area (Å²) in [6.07, 6.45) is 7.36. The average molecular weight is 459 g/mol. The van der Waals surface area contributed by atoms with Gasteiger partial charge in [-0.25, -0.2) is 4.98 Å². The van der Waals surface area contributed by atoms with Gasteiger partial charge in [-0.2, -0.15) is 5.10 Å². The molecule has 0 bridgehead atoms. The van der Waals surface area contributed by atoms with E-state index in [1.54, 1.807) is 18.3 Å². The number of carbonyl (C=O) groups is 2. The van der Waals surface area contributed by atoms with E-state index in [9.17, 15) is 9.59 Å². The molecule has 1 unspecified atom stereocenters. The van der Waals surface area contributed by atoms with Crippen LogP contribution in [0, 0.1) is 0 Å². The van der Waals surface area contributed by atoms with E-state index in [-0.39, 0.29) is 17.7 Å². The lowest BCUT2D eigenvalue weighted by molar-refractivity contribution is -0.117. The number of hydrogen-bond acceptors (Lipinski definition) is 5. The van der Waals surface area contributed by atoms with E-state index in [0.29, 0.717) is 24.1 Å². The molecule has 3 aromatic rings. The maximum atomic E-state index is 12.8. The van der Waals surface area contributed by atoms with Gasteiger partial charge in [-0.1, -0.05) is 30.3 Å². The van der Waals surface area contributed by atoms with Gasteiger partial charge >= 0.3 is 0 Å². The molecule has 1 atom stereocenters. The van der Waals surface area contributed by atoms with E-state index in [1.807, 2.05) is 62.3 Å². The van der Waals surface area contributed by atoms with Crippen LogP contribution in [0.4, 0.5) is 11.6 Å². The van der Waals surface area contributed by atoms with Crippen LogP contribution in [0.1, 0.15) is 42.9 Å². The van der Waals surface area contributed by atoms with E-state index in [2.05, 4.69) is 25.8 Å². The lowest BCUT2D eigenvalue weighted by atomic mass is 9.96. The minimum absolute atomic E-state index is 0.107. The monoisotopic (exact) mass is 458 g/mol. The first kappa shape index (κ1) is 23.4. The van der Waals surface area contributed by atoms with Crippen molar-refractivity contribution in [2.75, 3.05) is 31.3 Å². The molecule has 0 spiro atoms. The summed E-state index contributed by atoms with van der Waals surface area (Å²) in [6, 6.07) is 13.4. The summed E-state index contributed by atoms with van der Waals surface area (Å²) < 4.78 is 0. The Bertz CT molecular complexity index is 1180. The smallest absolute Gasteiger partial charge is 0.249 e. The fraction of sp³-hybridized carbons (Fsp3) is 0.308. The maximum absolute atomic E-state index is 12.8. The molecular formula is C26H30N6O2. The fourth-order valence-corrected chi connectivity index (χ4v) is 3.55. The molecule has 0 saturated heterocycles. The van der Waals surface area contributed by atoms with E-state index in [4.69, 9.17) is 0 Å². The first-order valence-electron chi connectivity index (χ1n) is 11.4. The molecule has 1 fully saturated rings. The minimum Gasteiger partial charge on any atom is -0.309 e. The minimum atomic E-state index is -0.346. The van der Waals surface area contributed by atoms with Crippen molar-refractivity contribution in [3.8, 4) is 11.1 Å². The second-order valence-corrected chi connectivity index (χ2v) is 8.91. The molecule has 2 heterocycles. The molecule has 1 aliphatic rings. The number of rotatable bonds is 9. The van der Waals surface area contributed by atoms with Crippen LogP contribution < -0.4 is 10.6 Å². The highest BCUT2D eigenvalue weighted by Crippen LogP contribution is 2.39. The van der Waals surface area contributed by atoms with Gasteiger partial charge in [0.25, 0.3) is 0 Å². The number of pyridine rings is 1. The number of carbonyl (C=O) groups excluding carboxylic acids is 2. The summed E-state index contributed by atoms with van der Waals surface area (Å²) in [5.74, 6) is 0.932. The zero-order chi connectivity index (χ0) is 24.1. The second kappa shape index (κ2) is 10.4. The van der Waals surface area contributed by atoms with Gasteiger partial charge in [-0.15, -0.1) is 0 Å². The molecule has 1 aliphatic carbocycles. The Morgan fingerprint density at radius 2 is 1.94 bits per heavy atom. The Morgan fingerprint density at radius 3 is 2.65 bits per heavy atom. The summed E-state index contributed by atoms with van der Waals surface area (Å²) in [6.45, 7) is 2.57.